The summed E-state index contributed by atoms with van der Waals surface area (Å²) in [5, 5.41) is 60.0. The van der Waals surface area contributed by atoms with Crippen LogP contribution in [0.15, 0.2) is 23.8 Å². The van der Waals surface area contributed by atoms with E-state index in [4.69, 9.17) is 19.3 Å². The Morgan fingerprint density at radius 3 is 2.42 bits per heavy atom. The monoisotopic (exact) mass is 444 g/mol. The third kappa shape index (κ3) is 4.19. The Morgan fingerprint density at radius 1 is 1.16 bits per heavy atom. The molecule has 2 saturated heterocycles. The van der Waals surface area contributed by atoms with Gasteiger partial charge in [0.2, 0.25) is 0 Å². The number of aliphatic hydroxyl groups excluding tert-OH is 4. The molecule has 176 valence electrons. The quantitative estimate of drug-likeness (QED) is 0.223. The fourth-order valence-electron chi connectivity index (χ4n) is 4.95. The maximum Gasteiger partial charge on any atom is 0.328 e. The lowest BCUT2D eigenvalue weighted by atomic mass is 9.59. The van der Waals surface area contributed by atoms with Gasteiger partial charge in [-0.1, -0.05) is 13.0 Å². The van der Waals surface area contributed by atoms with Crippen molar-refractivity contribution in [3.63, 3.8) is 0 Å². The summed E-state index contributed by atoms with van der Waals surface area (Å²) < 4.78 is 17.3. The molecule has 1 saturated carbocycles. The van der Waals surface area contributed by atoms with Crippen LogP contribution < -0.4 is 0 Å². The van der Waals surface area contributed by atoms with Gasteiger partial charge in [-0.3, -0.25) is 0 Å². The number of aliphatic hydroxyl groups is 5. The van der Waals surface area contributed by atoms with E-state index in [1.165, 1.54) is 0 Å². The average Bonchev–Trinajstić information content (AvgIpc) is 2.79. The van der Waals surface area contributed by atoms with E-state index in [9.17, 15) is 30.3 Å². The Morgan fingerprint density at radius 2 is 1.84 bits per heavy atom. The van der Waals surface area contributed by atoms with E-state index < -0.39 is 66.0 Å². The Balaban J connectivity index is 1.78. The van der Waals surface area contributed by atoms with Gasteiger partial charge in [0.15, 0.2) is 6.29 Å². The third-order valence-corrected chi connectivity index (χ3v) is 6.84. The second-order valence-corrected chi connectivity index (χ2v) is 9.27. The molecule has 10 heteroatoms. The van der Waals surface area contributed by atoms with Gasteiger partial charge in [0, 0.05) is 17.9 Å². The standard InChI is InChI=1S/C21H32O10/c1-11(6-14(23)24)4-5-21(28)19(2)7-12(8-20(21,3)29-10-19)30-18-17(27)16(26)15(25)13(9-22)31-18/h4-6,12-13,15-18,22,25-28H,7-10H2,1-3H3,(H,23,24)/b5-4+,11-6+/t12?,13-,15-,16+,17-,18-,19?,20?,21?/m1/s1. The van der Waals surface area contributed by atoms with E-state index in [0.29, 0.717) is 12.0 Å². The summed E-state index contributed by atoms with van der Waals surface area (Å²) in [6, 6.07) is 0. The Labute approximate surface area is 180 Å². The summed E-state index contributed by atoms with van der Waals surface area (Å²) in [4.78, 5) is 10.9. The van der Waals surface area contributed by atoms with Crippen molar-refractivity contribution in [3.05, 3.63) is 23.8 Å². The zero-order chi connectivity index (χ0) is 23.2. The van der Waals surface area contributed by atoms with Gasteiger partial charge < -0.3 is 44.8 Å². The molecule has 0 aromatic carbocycles. The molecule has 0 spiro atoms. The van der Waals surface area contributed by atoms with Crippen molar-refractivity contribution >= 4 is 5.97 Å². The van der Waals surface area contributed by atoms with Crippen LogP contribution in [-0.2, 0) is 19.0 Å². The second-order valence-electron chi connectivity index (χ2n) is 9.27. The van der Waals surface area contributed by atoms with Crippen LogP contribution in [0.2, 0.25) is 0 Å². The predicted octanol–water partition coefficient (Wildman–Crippen LogP) is -0.921. The Hall–Kier alpha value is -1.37. The number of hydrogen-bond acceptors (Lipinski definition) is 9. The van der Waals surface area contributed by atoms with Gasteiger partial charge in [0.25, 0.3) is 0 Å². The lowest BCUT2D eigenvalue weighted by molar-refractivity contribution is -0.319. The number of allylic oxidation sites excluding steroid dienone is 2. The molecule has 10 nitrogen and oxygen atoms in total. The van der Waals surface area contributed by atoms with Crippen molar-refractivity contribution in [1.82, 2.24) is 0 Å². The fourth-order valence-corrected chi connectivity index (χ4v) is 4.95. The molecular formula is C21H32O10. The van der Waals surface area contributed by atoms with E-state index >= 15 is 0 Å². The van der Waals surface area contributed by atoms with Crippen LogP contribution in [0.5, 0.6) is 0 Å². The van der Waals surface area contributed by atoms with Crippen molar-refractivity contribution < 1.29 is 49.6 Å². The van der Waals surface area contributed by atoms with E-state index in [1.54, 1.807) is 26.0 Å². The van der Waals surface area contributed by atoms with Gasteiger partial charge in [-0.15, -0.1) is 0 Å². The van der Waals surface area contributed by atoms with Crippen molar-refractivity contribution in [2.24, 2.45) is 5.41 Å². The number of fused-ring (bicyclic) bond motifs is 2. The third-order valence-electron chi connectivity index (χ3n) is 6.84. The number of hydrogen-bond donors (Lipinski definition) is 6. The first kappa shape index (κ1) is 24.3. The number of ether oxygens (including phenoxy) is 3. The summed E-state index contributed by atoms with van der Waals surface area (Å²) in [7, 11) is 0. The van der Waals surface area contributed by atoms with Crippen LogP contribution in [-0.4, -0.2) is 97.8 Å². The summed E-state index contributed by atoms with van der Waals surface area (Å²) >= 11 is 0. The molecule has 3 fully saturated rings. The first-order chi connectivity index (χ1) is 14.4. The van der Waals surface area contributed by atoms with Crippen molar-refractivity contribution in [1.29, 1.82) is 0 Å². The first-order valence-corrected chi connectivity index (χ1v) is 10.3. The molecule has 2 bridgehead atoms. The summed E-state index contributed by atoms with van der Waals surface area (Å²) in [5.41, 5.74) is -2.77. The molecular weight excluding hydrogens is 412 g/mol. The minimum Gasteiger partial charge on any atom is -0.478 e. The first-order valence-electron chi connectivity index (χ1n) is 10.3. The molecule has 9 atom stereocenters. The second kappa shape index (κ2) is 8.53. The lowest BCUT2D eigenvalue weighted by Crippen LogP contribution is -2.63. The maximum atomic E-state index is 11.6. The van der Waals surface area contributed by atoms with Crippen LogP contribution in [0.4, 0.5) is 0 Å². The topological polar surface area (TPSA) is 166 Å². The lowest BCUT2D eigenvalue weighted by Gasteiger charge is -2.51. The van der Waals surface area contributed by atoms with E-state index in [1.807, 2.05) is 6.92 Å². The van der Waals surface area contributed by atoms with Gasteiger partial charge in [-0.05, 0) is 31.9 Å². The molecule has 0 radical (unpaired) electrons. The van der Waals surface area contributed by atoms with E-state index in [0.717, 1.165) is 6.08 Å². The van der Waals surface area contributed by atoms with Gasteiger partial charge in [-0.25, -0.2) is 4.79 Å². The molecule has 31 heavy (non-hydrogen) atoms. The van der Waals surface area contributed by atoms with Crippen LogP contribution >= 0.6 is 0 Å². The van der Waals surface area contributed by atoms with Crippen molar-refractivity contribution in [3.8, 4) is 0 Å². The van der Waals surface area contributed by atoms with Crippen LogP contribution in [0.3, 0.4) is 0 Å². The molecule has 6 N–H and O–H groups in total. The number of rotatable bonds is 6. The molecule has 2 aliphatic heterocycles. The number of aliphatic carboxylic acids is 1. The average molecular weight is 444 g/mol. The molecule has 4 unspecified atom stereocenters. The van der Waals surface area contributed by atoms with E-state index in [2.05, 4.69) is 0 Å². The number of carboxylic acids is 1. The minimum absolute atomic E-state index is 0.236. The zero-order valence-corrected chi connectivity index (χ0v) is 17.8. The summed E-state index contributed by atoms with van der Waals surface area (Å²) in [5.74, 6) is -1.08. The molecule has 0 aromatic rings. The maximum absolute atomic E-state index is 11.6. The molecule has 0 amide bonds. The van der Waals surface area contributed by atoms with Crippen LogP contribution in [0.25, 0.3) is 0 Å². The number of carboxylic acid groups (broad SMARTS) is 1. The van der Waals surface area contributed by atoms with E-state index in [-0.39, 0.29) is 13.0 Å². The van der Waals surface area contributed by atoms with Crippen molar-refractivity contribution in [2.75, 3.05) is 13.2 Å². The molecule has 0 aromatic heterocycles. The van der Waals surface area contributed by atoms with Gasteiger partial charge in [0.05, 0.1) is 19.3 Å². The van der Waals surface area contributed by atoms with Crippen LogP contribution in [0, 0.1) is 5.41 Å². The Bertz CT molecular complexity index is 728. The minimum atomic E-state index is -1.54. The molecule has 3 rings (SSSR count). The highest BCUT2D eigenvalue weighted by atomic mass is 16.7. The number of carbonyl (C=O) groups is 1. The molecule has 1 aliphatic carbocycles. The highest BCUT2D eigenvalue weighted by molar-refractivity contribution is 5.81. The highest BCUT2D eigenvalue weighted by Gasteiger charge is 2.67. The smallest absolute Gasteiger partial charge is 0.328 e. The molecule has 3 aliphatic rings. The Kier molecular flexibility index (Phi) is 6.68. The fraction of sp³-hybridized carbons (Fsp3) is 0.762. The zero-order valence-electron chi connectivity index (χ0n) is 17.8. The van der Waals surface area contributed by atoms with Gasteiger partial charge >= 0.3 is 5.97 Å². The van der Waals surface area contributed by atoms with Gasteiger partial charge in [0.1, 0.15) is 35.6 Å². The van der Waals surface area contributed by atoms with Crippen LogP contribution in [0.1, 0.15) is 33.6 Å². The summed E-state index contributed by atoms with van der Waals surface area (Å²) in [6.07, 6.45) is -2.65. The predicted molar refractivity (Wildman–Crippen MR) is 106 cm³/mol. The largest absolute Gasteiger partial charge is 0.478 e. The normalized spacial score (nSPS) is 48.3. The summed E-state index contributed by atoms with van der Waals surface area (Å²) in [6.45, 7) is 4.88. The molecule has 2 heterocycles. The van der Waals surface area contributed by atoms with Crippen molar-refractivity contribution in [2.45, 2.75) is 81.6 Å². The van der Waals surface area contributed by atoms with Gasteiger partial charge in [-0.2, -0.15) is 0 Å². The highest BCUT2D eigenvalue weighted by Crippen LogP contribution is 2.58. The SMILES string of the molecule is CC(/C=C/C1(O)C2(C)COC1(C)CC(O[C@@H]1O[C@H](CO)[C@@H](O)[C@H](O)[C@H]1O)C2)=C\C(=O)O.